The summed E-state index contributed by atoms with van der Waals surface area (Å²) in [6, 6.07) is 5.23. The van der Waals surface area contributed by atoms with Gasteiger partial charge in [0.15, 0.2) is 0 Å². The van der Waals surface area contributed by atoms with Crippen molar-refractivity contribution in [3.05, 3.63) is 23.9 Å². The summed E-state index contributed by atoms with van der Waals surface area (Å²) in [4.78, 5) is 20.8. The van der Waals surface area contributed by atoms with E-state index in [-0.39, 0.29) is 5.91 Å². The van der Waals surface area contributed by atoms with E-state index in [1.807, 2.05) is 11.8 Å². The van der Waals surface area contributed by atoms with Crippen molar-refractivity contribution >= 4 is 11.7 Å². The summed E-state index contributed by atoms with van der Waals surface area (Å²) >= 11 is 0. The highest BCUT2D eigenvalue weighted by atomic mass is 16.2. The van der Waals surface area contributed by atoms with E-state index in [4.69, 9.17) is 5.84 Å². The fourth-order valence-corrected chi connectivity index (χ4v) is 2.22. The number of carbonyl (C=O) groups is 1. The van der Waals surface area contributed by atoms with Gasteiger partial charge in [0.05, 0.1) is 0 Å². The van der Waals surface area contributed by atoms with Gasteiger partial charge >= 0.3 is 0 Å². The van der Waals surface area contributed by atoms with Crippen LogP contribution in [0.15, 0.2) is 18.2 Å². The van der Waals surface area contributed by atoms with Crippen LogP contribution in [0.4, 0.5) is 5.82 Å². The molecule has 0 saturated heterocycles. The number of hydrogen-bond acceptors (Lipinski definition) is 5. The molecule has 118 valence electrons. The number of nitrogens with one attached hydrogen (secondary N) is 1. The number of amides is 1. The number of nitrogens with zero attached hydrogens (tertiary/aromatic N) is 3. The quantitative estimate of drug-likeness (QED) is 0.534. The number of nitrogens with two attached hydrogens (primary N) is 1. The first kappa shape index (κ1) is 17.4. The van der Waals surface area contributed by atoms with Crippen molar-refractivity contribution in [2.24, 2.45) is 5.84 Å². The Balaban J connectivity index is 2.60. The van der Waals surface area contributed by atoms with Gasteiger partial charge in [-0.2, -0.15) is 0 Å². The first-order valence-corrected chi connectivity index (χ1v) is 7.61. The van der Waals surface area contributed by atoms with Gasteiger partial charge in [-0.1, -0.05) is 19.9 Å². The molecular formula is C15H27N5O. The molecule has 1 rings (SSSR count). The summed E-state index contributed by atoms with van der Waals surface area (Å²) in [6.45, 7) is 10.8. The first-order valence-electron chi connectivity index (χ1n) is 7.61. The van der Waals surface area contributed by atoms with Crippen molar-refractivity contribution in [1.82, 2.24) is 14.8 Å². The average Bonchev–Trinajstić information content (AvgIpc) is 2.54. The number of hydrogen-bond donors (Lipinski definition) is 2. The van der Waals surface area contributed by atoms with Crippen LogP contribution in [0.25, 0.3) is 0 Å². The highest BCUT2D eigenvalue weighted by Gasteiger charge is 2.15. The van der Waals surface area contributed by atoms with Gasteiger partial charge in [-0.25, -0.2) is 10.8 Å². The van der Waals surface area contributed by atoms with Crippen molar-refractivity contribution in [1.29, 1.82) is 0 Å². The van der Waals surface area contributed by atoms with Gasteiger partial charge in [0.2, 0.25) is 0 Å². The lowest BCUT2D eigenvalue weighted by molar-refractivity contribution is 0.0751. The highest BCUT2D eigenvalue weighted by molar-refractivity contribution is 5.92. The minimum atomic E-state index is -0.0471. The maximum absolute atomic E-state index is 12.4. The molecule has 6 heteroatoms. The molecule has 0 atom stereocenters. The fraction of sp³-hybridized carbons (Fsp3) is 0.600. The summed E-state index contributed by atoms with van der Waals surface area (Å²) in [7, 11) is 0. The summed E-state index contributed by atoms with van der Waals surface area (Å²) in [5.41, 5.74) is 2.89. The van der Waals surface area contributed by atoms with E-state index in [2.05, 4.69) is 29.2 Å². The minimum absolute atomic E-state index is 0.0471. The van der Waals surface area contributed by atoms with Crippen molar-refractivity contribution in [2.45, 2.75) is 27.2 Å². The van der Waals surface area contributed by atoms with Crippen LogP contribution in [0.2, 0.25) is 0 Å². The topological polar surface area (TPSA) is 74.5 Å². The zero-order valence-electron chi connectivity index (χ0n) is 13.3. The summed E-state index contributed by atoms with van der Waals surface area (Å²) < 4.78 is 0. The molecule has 0 aliphatic heterocycles. The molecule has 3 N–H and O–H groups in total. The molecule has 1 aromatic heterocycles. The molecule has 0 radical (unpaired) electrons. The van der Waals surface area contributed by atoms with Crippen molar-refractivity contribution in [2.75, 3.05) is 38.1 Å². The lowest BCUT2D eigenvalue weighted by atomic mass is 10.2. The Bertz CT molecular complexity index is 434. The van der Waals surface area contributed by atoms with E-state index >= 15 is 0 Å². The first-order chi connectivity index (χ1) is 10.2. The number of anilines is 1. The second kappa shape index (κ2) is 9.31. The van der Waals surface area contributed by atoms with Crippen LogP contribution in [0.1, 0.15) is 37.7 Å². The predicted molar refractivity (Wildman–Crippen MR) is 86.0 cm³/mol. The van der Waals surface area contributed by atoms with Crippen LogP contribution in [0.5, 0.6) is 0 Å². The number of pyridine rings is 1. The van der Waals surface area contributed by atoms with Gasteiger partial charge in [-0.05, 0) is 45.1 Å². The maximum Gasteiger partial charge on any atom is 0.272 e. The third kappa shape index (κ3) is 5.32. The lowest BCUT2D eigenvalue weighted by Crippen LogP contribution is -2.34. The van der Waals surface area contributed by atoms with Gasteiger partial charge in [-0.15, -0.1) is 0 Å². The SMILES string of the molecule is CCN(CC)CCCN(CC)C(=O)c1cccc(NN)n1. The summed E-state index contributed by atoms with van der Waals surface area (Å²) in [5.74, 6) is 5.78. The molecule has 0 aromatic carbocycles. The zero-order chi connectivity index (χ0) is 15.7. The normalized spacial score (nSPS) is 10.7. The predicted octanol–water partition coefficient (Wildman–Crippen LogP) is 1.56. The molecule has 0 saturated carbocycles. The Kier molecular flexibility index (Phi) is 7.71. The van der Waals surface area contributed by atoms with Crippen LogP contribution >= 0.6 is 0 Å². The smallest absolute Gasteiger partial charge is 0.272 e. The molecule has 0 spiro atoms. The second-order valence-corrected chi connectivity index (χ2v) is 4.82. The van der Waals surface area contributed by atoms with Crippen molar-refractivity contribution in [3.63, 3.8) is 0 Å². The van der Waals surface area contributed by atoms with E-state index in [0.29, 0.717) is 18.1 Å². The average molecular weight is 293 g/mol. The van der Waals surface area contributed by atoms with Gasteiger partial charge in [-0.3, -0.25) is 4.79 Å². The molecule has 0 aliphatic carbocycles. The minimum Gasteiger partial charge on any atom is -0.338 e. The van der Waals surface area contributed by atoms with Gasteiger partial charge < -0.3 is 15.2 Å². The van der Waals surface area contributed by atoms with Crippen molar-refractivity contribution in [3.8, 4) is 0 Å². The van der Waals surface area contributed by atoms with E-state index in [9.17, 15) is 4.79 Å². The molecule has 6 nitrogen and oxygen atoms in total. The largest absolute Gasteiger partial charge is 0.338 e. The monoisotopic (exact) mass is 293 g/mol. The van der Waals surface area contributed by atoms with Gasteiger partial charge in [0.1, 0.15) is 11.5 Å². The number of aromatic nitrogens is 1. The Labute approximate surface area is 127 Å². The van der Waals surface area contributed by atoms with Gasteiger partial charge in [0, 0.05) is 13.1 Å². The van der Waals surface area contributed by atoms with E-state index in [1.165, 1.54) is 0 Å². The van der Waals surface area contributed by atoms with E-state index < -0.39 is 0 Å². The molecular weight excluding hydrogens is 266 g/mol. The van der Waals surface area contributed by atoms with Crippen molar-refractivity contribution < 1.29 is 4.79 Å². The van der Waals surface area contributed by atoms with Crippen LogP contribution in [0, 0.1) is 0 Å². The molecule has 1 aromatic rings. The molecule has 0 aliphatic rings. The Morgan fingerprint density at radius 3 is 2.48 bits per heavy atom. The molecule has 0 fully saturated rings. The third-order valence-electron chi connectivity index (χ3n) is 3.58. The third-order valence-corrected chi connectivity index (χ3v) is 3.58. The lowest BCUT2D eigenvalue weighted by Gasteiger charge is -2.23. The molecule has 1 heterocycles. The van der Waals surface area contributed by atoms with Crippen LogP contribution in [-0.4, -0.2) is 53.4 Å². The highest BCUT2D eigenvalue weighted by Crippen LogP contribution is 2.07. The molecule has 21 heavy (non-hydrogen) atoms. The van der Waals surface area contributed by atoms with Gasteiger partial charge in [0.25, 0.3) is 5.91 Å². The van der Waals surface area contributed by atoms with E-state index in [1.54, 1.807) is 18.2 Å². The number of rotatable bonds is 9. The number of carbonyl (C=O) groups excluding carboxylic acids is 1. The molecule has 0 bridgehead atoms. The molecule has 0 unspecified atom stereocenters. The Morgan fingerprint density at radius 2 is 1.90 bits per heavy atom. The number of nitrogen functional groups attached to an aromatic ring is 1. The molecule has 1 amide bonds. The number of hydrazine groups is 1. The van der Waals surface area contributed by atoms with Crippen LogP contribution in [-0.2, 0) is 0 Å². The fourth-order valence-electron chi connectivity index (χ4n) is 2.22. The van der Waals surface area contributed by atoms with E-state index in [0.717, 1.165) is 32.6 Å². The second-order valence-electron chi connectivity index (χ2n) is 4.82. The standard InChI is InChI=1S/C15H27N5O/c1-4-19(5-2)11-8-12-20(6-3)15(21)13-9-7-10-14(17-13)18-16/h7,9-10H,4-6,8,11-12,16H2,1-3H3,(H,17,18). The Morgan fingerprint density at radius 1 is 1.19 bits per heavy atom. The van der Waals surface area contributed by atoms with Crippen LogP contribution in [0.3, 0.4) is 0 Å². The maximum atomic E-state index is 12.4. The van der Waals surface area contributed by atoms with Crippen LogP contribution < -0.4 is 11.3 Å². The Hall–Kier alpha value is -1.66. The summed E-state index contributed by atoms with van der Waals surface area (Å²) in [5, 5.41) is 0. The zero-order valence-corrected chi connectivity index (χ0v) is 13.3. The summed E-state index contributed by atoms with van der Waals surface area (Å²) in [6.07, 6.45) is 0.968.